The molecule has 3 unspecified atom stereocenters. The molecule has 0 aromatic carbocycles. The standard InChI is InChI=1S/C36H65N2O6P/c1-3-5-7-9-11-13-14-15-16-17-18-19-20-22-24-26-28-30-36(40)38-34(33-44-45(41,42)43-32-31-37)35(39)29-27-25-23-21-12-10-8-6-4-2/h5,7,11,13,15-16,18-19,22,24,34-35,39H,3-4,6,8-10,12,14,17,20-21,23,25-33,37H2,1-2H3,(H,38,40)(H,41,42)/b7-5-,13-11-,16-15-,19-18-,24-22-. The van der Waals surface area contributed by atoms with Gasteiger partial charge in [0.15, 0.2) is 0 Å². The quantitative estimate of drug-likeness (QED) is 0.0334. The largest absolute Gasteiger partial charge is 0.472 e. The van der Waals surface area contributed by atoms with Crippen molar-refractivity contribution in [3.05, 3.63) is 60.8 Å². The summed E-state index contributed by atoms with van der Waals surface area (Å²) in [7, 11) is -4.32. The second-order valence-electron chi connectivity index (χ2n) is 11.3. The van der Waals surface area contributed by atoms with Crippen molar-refractivity contribution in [1.82, 2.24) is 5.32 Å². The van der Waals surface area contributed by atoms with Crippen LogP contribution >= 0.6 is 7.82 Å². The molecule has 0 heterocycles. The minimum atomic E-state index is -4.32. The fourth-order valence-electron chi connectivity index (χ4n) is 4.52. The number of amides is 1. The Kier molecular flexibility index (Phi) is 30.9. The van der Waals surface area contributed by atoms with Crippen molar-refractivity contribution >= 4 is 13.7 Å². The predicted octanol–water partition coefficient (Wildman–Crippen LogP) is 8.77. The lowest BCUT2D eigenvalue weighted by atomic mass is 10.0. The number of aliphatic hydroxyl groups is 1. The van der Waals surface area contributed by atoms with Crippen LogP contribution in [0.25, 0.3) is 0 Å². The number of nitrogens with two attached hydrogens (primary N) is 1. The average molecular weight is 653 g/mol. The van der Waals surface area contributed by atoms with Gasteiger partial charge in [-0.2, -0.15) is 0 Å². The van der Waals surface area contributed by atoms with Gasteiger partial charge in [0.05, 0.1) is 25.4 Å². The molecular weight excluding hydrogens is 587 g/mol. The molecule has 45 heavy (non-hydrogen) atoms. The van der Waals surface area contributed by atoms with Gasteiger partial charge in [-0.3, -0.25) is 13.8 Å². The highest BCUT2D eigenvalue weighted by molar-refractivity contribution is 7.47. The first-order chi connectivity index (χ1) is 21.9. The fraction of sp³-hybridized carbons (Fsp3) is 0.694. The second-order valence-corrected chi connectivity index (χ2v) is 12.8. The summed E-state index contributed by atoms with van der Waals surface area (Å²) >= 11 is 0. The van der Waals surface area contributed by atoms with Crippen molar-refractivity contribution in [3.63, 3.8) is 0 Å². The Balaban J connectivity index is 4.40. The summed E-state index contributed by atoms with van der Waals surface area (Å²) in [4.78, 5) is 22.5. The molecule has 0 radical (unpaired) electrons. The summed E-state index contributed by atoms with van der Waals surface area (Å²) in [6, 6.07) is -0.804. The number of phosphoric acid groups is 1. The van der Waals surface area contributed by atoms with Gasteiger partial charge in [0.25, 0.3) is 0 Å². The van der Waals surface area contributed by atoms with E-state index < -0.39 is 20.0 Å². The van der Waals surface area contributed by atoms with Crippen LogP contribution in [0.3, 0.4) is 0 Å². The molecule has 0 aliphatic carbocycles. The molecule has 0 fully saturated rings. The third-order valence-corrected chi connectivity index (χ3v) is 8.12. The summed E-state index contributed by atoms with van der Waals surface area (Å²) < 4.78 is 22.0. The summed E-state index contributed by atoms with van der Waals surface area (Å²) in [5.74, 6) is -0.224. The van der Waals surface area contributed by atoms with Gasteiger partial charge in [-0.05, 0) is 51.4 Å². The average Bonchev–Trinajstić information content (AvgIpc) is 3.02. The number of carbonyl (C=O) groups is 1. The van der Waals surface area contributed by atoms with E-state index in [1.807, 2.05) is 0 Å². The molecule has 9 heteroatoms. The molecular formula is C36H65N2O6P. The third kappa shape index (κ3) is 30.6. The van der Waals surface area contributed by atoms with Crippen LogP contribution in [0.15, 0.2) is 60.8 Å². The maximum absolute atomic E-state index is 12.6. The molecule has 260 valence electrons. The molecule has 5 N–H and O–H groups in total. The first kappa shape index (κ1) is 43.2. The maximum atomic E-state index is 12.6. The lowest BCUT2D eigenvalue weighted by Gasteiger charge is -2.25. The molecule has 8 nitrogen and oxygen atoms in total. The van der Waals surface area contributed by atoms with Crippen LogP contribution in [-0.4, -0.2) is 47.8 Å². The van der Waals surface area contributed by atoms with Gasteiger partial charge < -0.3 is 21.1 Å². The minimum Gasteiger partial charge on any atom is -0.391 e. The van der Waals surface area contributed by atoms with Crippen molar-refractivity contribution < 1.29 is 28.4 Å². The fourth-order valence-corrected chi connectivity index (χ4v) is 5.28. The number of carbonyl (C=O) groups excluding carboxylic acids is 1. The zero-order valence-corrected chi connectivity index (χ0v) is 29.2. The molecule has 0 saturated heterocycles. The smallest absolute Gasteiger partial charge is 0.391 e. The molecule has 0 aliphatic heterocycles. The Hall–Kier alpha value is -1.80. The van der Waals surface area contributed by atoms with Gasteiger partial charge in [-0.15, -0.1) is 0 Å². The molecule has 0 aromatic rings. The van der Waals surface area contributed by atoms with Crippen molar-refractivity contribution in [2.24, 2.45) is 5.73 Å². The number of nitrogens with one attached hydrogen (secondary N) is 1. The number of hydrogen-bond acceptors (Lipinski definition) is 6. The number of hydrogen-bond donors (Lipinski definition) is 4. The van der Waals surface area contributed by atoms with Gasteiger partial charge in [0, 0.05) is 13.0 Å². The lowest BCUT2D eigenvalue weighted by Crippen LogP contribution is -2.46. The van der Waals surface area contributed by atoms with Crippen LogP contribution in [0, 0.1) is 0 Å². The molecule has 0 saturated carbocycles. The van der Waals surface area contributed by atoms with Gasteiger partial charge in [-0.25, -0.2) is 4.57 Å². The first-order valence-electron chi connectivity index (χ1n) is 17.4. The monoisotopic (exact) mass is 652 g/mol. The first-order valence-corrected chi connectivity index (χ1v) is 18.9. The number of aliphatic hydroxyl groups excluding tert-OH is 1. The predicted molar refractivity (Wildman–Crippen MR) is 189 cm³/mol. The SMILES string of the molecule is CC/C=C\C/C=C\C/C=C\C/C=C\C/C=C\CCCC(=O)NC(COP(=O)(O)OCCN)C(O)CCCCCCCCCCC. The summed E-state index contributed by atoms with van der Waals surface area (Å²) in [5, 5.41) is 13.6. The second kappa shape index (κ2) is 32.2. The van der Waals surface area contributed by atoms with E-state index in [2.05, 4.69) is 79.9 Å². The van der Waals surface area contributed by atoms with Crippen LogP contribution in [0.5, 0.6) is 0 Å². The molecule has 0 aromatic heterocycles. The van der Waals surface area contributed by atoms with E-state index in [0.717, 1.165) is 57.8 Å². The lowest BCUT2D eigenvalue weighted by molar-refractivity contribution is -0.123. The highest BCUT2D eigenvalue weighted by Gasteiger charge is 2.27. The molecule has 0 aliphatic rings. The van der Waals surface area contributed by atoms with Crippen molar-refractivity contribution in [1.29, 1.82) is 0 Å². The van der Waals surface area contributed by atoms with Gasteiger partial charge in [0.2, 0.25) is 5.91 Å². The Labute approximate surface area is 274 Å². The zero-order chi connectivity index (χ0) is 33.3. The number of unbranched alkanes of at least 4 members (excludes halogenated alkanes) is 9. The molecule has 3 atom stereocenters. The molecule has 1 amide bonds. The van der Waals surface area contributed by atoms with E-state index in [1.54, 1.807) is 0 Å². The number of phosphoric ester groups is 1. The van der Waals surface area contributed by atoms with E-state index in [4.69, 9.17) is 14.8 Å². The third-order valence-electron chi connectivity index (χ3n) is 7.14. The summed E-state index contributed by atoms with van der Waals surface area (Å²) in [5.41, 5.74) is 5.34. The van der Waals surface area contributed by atoms with E-state index in [9.17, 15) is 19.4 Å². The molecule has 0 bridgehead atoms. The summed E-state index contributed by atoms with van der Waals surface area (Å²) in [6.45, 7) is 3.98. The normalized spacial score (nSPS) is 15.2. The van der Waals surface area contributed by atoms with Gasteiger partial charge in [-0.1, -0.05) is 132 Å². The van der Waals surface area contributed by atoms with Crippen LogP contribution in [0.2, 0.25) is 0 Å². The Bertz CT molecular complexity index is 887. The Morgan fingerprint density at radius 3 is 1.80 bits per heavy atom. The minimum absolute atomic E-state index is 0.0766. The van der Waals surface area contributed by atoms with Crippen molar-refractivity contribution in [2.75, 3.05) is 19.8 Å². The van der Waals surface area contributed by atoms with E-state index >= 15 is 0 Å². The summed E-state index contributed by atoms with van der Waals surface area (Å²) in [6.07, 6.45) is 38.1. The van der Waals surface area contributed by atoms with E-state index in [0.29, 0.717) is 12.8 Å². The zero-order valence-electron chi connectivity index (χ0n) is 28.3. The molecule has 0 rings (SSSR count). The number of rotatable bonds is 31. The van der Waals surface area contributed by atoms with Gasteiger partial charge >= 0.3 is 7.82 Å². The molecule has 0 spiro atoms. The number of allylic oxidation sites excluding steroid dienone is 10. The topological polar surface area (TPSA) is 131 Å². The highest BCUT2D eigenvalue weighted by Crippen LogP contribution is 2.43. The van der Waals surface area contributed by atoms with Crippen LogP contribution in [0.4, 0.5) is 0 Å². The van der Waals surface area contributed by atoms with Gasteiger partial charge in [0.1, 0.15) is 0 Å². The Morgan fingerprint density at radius 1 is 0.756 bits per heavy atom. The van der Waals surface area contributed by atoms with Crippen LogP contribution in [-0.2, 0) is 18.4 Å². The van der Waals surface area contributed by atoms with Crippen LogP contribution in [0.1, 0.15) is 129 Å². The Morgan fingerprint density at radius 2 is 1.27 bits per heavy atom. The highest BCUT2D eigenvalue weighted by atomic mass is 31.2. The maximum Gasteiger partial charge on any atom is 0.472 e. The van der Waals surface area contributed by atoms with E-state index in [1.165, 1.54) is 38.5 Å². The van der Waals surface area contributed by atoms with Crippen LogP contribution < -0.4 is 11.1 Å². The van der Waals surface area contributed by atoms with E-state index in [-0.39, 0.29) is 32.1 Å². The van der Waals surface area contributed by atoms with Crippen molar-refractivity contribution in [2.45, 2.75) is 142 Å². The van der Waals surface area contributed by atoms with Crippen molar-refractivity contribution in [3.8, 4) is 0 Å².